The fourth-order valence-electron chi connectivity index (χ4n) is 2.96. The number of aromatic nitrogens is 2. The van der Waals surface area contributed by atoms with E-state index in [0.717, 1.165) is 5.56 Å². The highest BCUT2D eigenvalue weighted by atomic mass is 79.9. The van der Waals surface area contributed by atoms with Gasteiger partial charge in [-0.15, -0.1) is 0 Å². The average molecular weight is 523 g/mol. The van der Waals surface area contributed by atoms with Gasteiger partial charge in [-0.2, -0.15) is 13.2 Å². The molecule has 0 saturated heterocycles. The highest BCUT2D eigenvalue weighted by molar-refractivity contribution is 9.10. The second kappa shape index (κ2) is 9.04. The molecule has 2 heterocycles. The Bertz CT molecular complexity index is 1160. The number of halogens is 4. The maximum Gasteiger partial charge on any atom is 0.394 e. The molecule has 1 atom stereocenters. The van der Waals surface area contributed by atoms with Gasteiger partial charge in [0.25, 0.3) is 0 Å². The lowest BCUT2D eigenvalue weighted by atomic mass is 10.1. The van der Waals surface area contributed by atoms with E-state index < -0.39 is 27.0 Å². The fraction of sp³-hybridized carbons (Fsp3) is 0.375. The van der Waals surface area contributed by atoms with E-state index in [4.69, 9.17) is 4.43 Å². The van der Waals surface area contributed by atoms with Crippen LogP contribution in [0, 0.1) is 11.8 Å². The van der Waals surface area contributed by atoms with Crippen LogP contribution in [0.1, 0.15) is 43.8 Å². The predicted octanol–water partition coefficient (Wildman–Crippen LogP) is 7.32. The number of hydrogen-bond acceptors (Lipinski definition) is 2. The molecule has 0 radical (unpaired) electrons. The molecule has 0 amide bonds. The Balaban J connectivity index is 2.11. The summed E-state index contributed by atoms with van der Waals surface area (Å²) in [6.45, 7) is 10.7. The molecule has 3 rings (SSSR count). The number of alkyl halides is 3. The number of hydrogen-bond donors (Lipinski definition) is 0. The summed E-state index contributed by atoms with van der Waals surface area (Å²) in [6, 6.07) is 13.0. The first-order valence-electron chi connectivity index (χ1n) is 10.2. The first-order valence-corrected chi connectivity index (χ1v) is 14.0. The molecule has 3 nitrogen and oxygen atoms in total. The zero-order chi connectivity index (χ0) is 23.7. The Morgan fingerprint density at radius 3 is 2.34 bits per heavy atom. The van der Waals surface area contributed by atoms with Crippen molar-refractivity contribution >= 4 is 29.9 Å². The van der Waals surface area contributed by atoms with Crippen LogP contribution in [0.15, 0.2) is 53.1 Å². The molecule has 0 N–H and O–H groups in total. The van der Waals surface area contributed by atoms with Crippen LogP contribution in [0.4, 0.5) is 13.2 Å². The minimum Gasteiger partial charge on any atom is -0.399 e. The third-order valence-corrected chi connectivity index (χ3v) is 10.8. The van der Waals surface area contributed by atoms with Gasteiger partial charge in [0, 0.05) is 6.20 Å². The van der Waals surface area contributed by atoms with Gasteiger partial charge in [0.15, 0.2) is 14.0 Å². The summed E-state index contributed by atoms with van der Waals surface area (Å²) in [5.74, 6) is 6.01. The van der Waals surface area contributed by atoms with Crippen LogP contribution in [-0.2, 0) is 10.8 Å². The molecule has 0 aliphatic heterocycles. The zero-order valence-electron chi connectivity index (χ0n) is 18.7. The molecule has 8 heteroatoms. The van der Waals surface area contributed by atoms with Crippen LogP contribution in [0.5, 0.6) is 0 Å². The van der Waals surface area contributed by atoms with E-state index in [-0.39, 0.29) is 16.4 Å². The van der Waals surface area contributed by atoms with E-state index in [2.05, 4.69) is 66.6 Å². The van der Waals surface area contributed by atoms with Crippen LogP contribution in [-0.4, -0.2) is 23.9 Å². The molecule has 0 unspecified atom stereocenters. The Kier molecular flexibility index (Phi) is 6.94. The number of rotatable bonds is 4. The number of imidazole rings is 1. The van der Waals surface area contributed by atoms with Crippen LogP contribution >= 0.6 is 15.9 Å². The van der Waals surface area contributed by atoms with Crippen molar-refractivity contribution in [2.75, 3.05) is 0 Å². The lowest BCUT2D eigenvalue weighted by Crippen LogP contribution is -2.41. The second-order valence-electron chi connectivity index (χ2n) is 9.19. The van der Waals surface area contributed by atoms with Gasteiger partial charge in [-0.1, -0.05) is 57.0 Å². The molecule has 0 fully saturated rings. The van der Waals surface area contributed by atoms with E-state index in [9.17, 15) is 13.2 Å². The van der Waals surface area contributed by atoms with E-state index >= 15 is 0 Å². The van der Waals surface area contributed by atoms with Crippen LogP contribution in [0.2, 0.25) is 18.1 Å². The van der Waals surface area contributed by atoms with Gasteiger partial charge < -0.3 is 8.83 Å². The normalized spacial score (nSPS) is 13.7. The maximum atomic E-state index is 13.3. The molecule has 0 spiro atoms. The van der Waals surface area contributed by atoms with Crippen LogP contribution in [0.25, 0.3) is 5.65 Å². The molecule has 2 aromatic heterocycles. The largest absolute Gasteiger partial charge is 0.399 e. The molecule has 32 heavy (non-hydrogen) atoms. The lowest BCUT2D eigenvalue weighted by Gasteiger charge is -2.38. The quantitative estimate of drug-likeness (QED) is 0.265. The summed E-state index contributed by atoms with van der Waals surface area (Å²) in [7, 11) is -2.20. The maximum absolute atomic E-state index is 13.3. The van der Waals surface area contributed by atoms with Gasteiger partial charge >= 0.3 is 6.18 Å². The summed E-state index contributed by atoms with van der Waals surface area (Å²) < 4.78 is 48.6. The molecule has 0 saturated carbocycles. The first-order chi connectivity index (χ1) is 14.8. The third-order valence-electron chi connectivity index (χ3n) is 5.71. The summed E-state index contributed by atoms with van der Waals surface area (Å²) in [5, 5.41) is -0.0445. The van der Waals surface area contributed by atoms with Gasteiger partial charge in [-0.3, -0.25) is 0 Å². The highest BCUT2D eigenvalue weighted by Crippen LogP contribution is 2.39. The smallest absolute Gasteiger partial charge is 0.394 e. The Morgan fingerprint density at radius 2 is 1.75 bits per heavy atom. The number of nitrogens with zero attached hydrogens (tertiary/aromatic N) is 2. The molecule has 0 aliphatic carbocycles. The summed E-state index contributed by atoms with van der Waals surface area (Å²) >= 11 is 3.37. The van der Waals surface area contributed by atoms with Gasteiger partial charge in [0.1, 0.15) is 11.8 Å². The van der Waals surface area contributed by atoms with Gasteiger partial charge in [0.2, 0.25) is 0 Å². The zero-order valence-corrected chi connectivity index (χ0v) is 21.3. The van der Waals surface area contributed by atoms with Crippen molar-refractivity contribution in [2.45, 2.75) is 57.6 Å². The van der Waals surface area contributed by atoms with Crippen molar-refractivity contribution in [3.05, 3.63) is 70.1 Å². The Morgan fingerprint density at radius 1 is 1.09 bits per heavy atom. The Labute approximate surface area is 196 Å². The summed E-state index contributed by atoms with van der Waals surface area (Å²) in [5.41, 5.74) is 1.39. The molecule has 1 aromatic carbocycles. The minimum atomic E-state index is -4.38. The number of fused-ring (bicyclic) bond motifs is 1. The van der Waals surface area contributed by atoms with Crippen LogP contribution in [0.3, 0.4) is 0 Å². The standard InChI is InChI=1S/C24H26BrF3N2OSi/c1-23(2,3)32(4,5)31-21(17-10-7-6-8-11-17)14-13-19-20(16-24(26,27)28)30-15-9-12-18(25)22(30)29-19/h6-12,15,21H,16H2,1-5H3/t21-/m1/s1. The Hall–Kier alpha value is -2.08. The first kappa shape index (κ1) is 24.6. The van der Waals surface area contributed by atoms with Crippen molar-refractivity contribution < 1.29 is 17.6 Å². The SMILES string of the molecule is CC(C)(C)[Si](C)(C)O[C@H](C#Cc1nc2c(Br)cccn2c1CC(F)(F)F)c1ccccc1. The van der Waals surface area contributed by atoms with Crippen molar-refractivity contribution in [1.82, 2.24) is 9.38 Å². The topological polar surface area (TPSA) is 26.5 Å². The molecule has 170 valence electrons. The average Bonchev–Trinajstić information content (AvgIpc) is 3.02. The summed E-state index contributed by atoms with van der Waals surface area (Å²) in [4.78, 5) is 4.41. The molecular weight excluding hydrogens is 497 g/mol. The number of pyridine rings is 1. The molecule has 3 aromatic rings. The van der Waals surface area contributed by atoms with Crippen molar-refractivity contribution in [2.24, 2.45) is 0 Å². The highest BCUT2D eigenvalue weighted by Gasteiger charge is 2.39. The van der Waals surface area contributed by atoms with E-state index in [1.54, 1.807) is 18.3 Å². The minimum absolute atomic E-state index is 0.0143. The van der Waals surface area contributed by atoms with Crippen molar-refractivity contribution in [3.8, 4) is 11.8 Å². The van der Waals surface area contributed by atoms with Crippen molar-refractivity contribution in [3.63, 3.8) is 0 Å². The van der Waals surface area contributed by atoms with E-state index in [0.29, 0.717) is 10.1 Å². The van der Waals surface area contributed by atoms with E-state index in [1.807, 2.05) is 30.3 Å². The molecule has 0 bridgehead atoms. The van der Waals surface area contributed by atoms with Gasteiger partial charge in [0.05, 0.1) is 16.6 Å². The predicted molar refractivity (Wildman–Crippen MR) is 127 cm³/mol. The second-order valence-corrected chi connectivity index (χ2v) is 14.8. The van der Waals surface area contributed by atoms with E-state index in [1.165, 1.54) is 4.40 Å². The van der Waals surface area contributed by atoms with Crippen LogP contribution < -0.4 is 0 Å². The molecule has 0 aliphatic rings. The van der Waals surface area contributed by atoms with Gasteiger partial charge in [-0.25, -0.2) is 4.98 Å². The summed E-state index contributed by atoms with van der Waals surface area (Å²) in [6.07, 6.45) is -4.50. The van der Waals surface area contributed by atoms with Crippen molar-refractivity contribution in [1.29, 1.82) is 0 Å². The number of benzene rings is 1. The fourth-order valence-corrected chi connectivity index (χ4v) is 4.53. The lowest BCUT2D eigenvalue weighted by molar-refractivity contribution is -0.128. The third kappa shape index (κ3) is 5.63. The monoisotopic (exact) mass is 522 g/mol. The molecular formula is C24H26BrF3N2OSi. The van der Waals surface area contributed by atoms with Gasteiger partial charge in [-0.05, 0) is 57.7 Å².